The number of aryl methyl sites for hydroxylation is 1. The standard InChI is InChI=1S/C19H22N2O2S/c1-3-11-7-8-12-14(9-11)24-19-15(12)18(23)20-17(21-19)13-6-4-5-10(2)16(13)22/h4-6,11,17,21-22H,3,7-9H2,1-2H3,(H,20,23). The second-order valence-corrected chi connectivity index (χ2v) is 7.89. The molecule has 0 radical (unpaired) electrons. The first-order valence-electron chi connectivity index (χ1n) is 8.58. The SMILES string of the molecule is CCC1CCc2c(sc3c2C(=O)NC(c2cccc(C)c2O)N3)C1. The molecule has 2 atom stereocenters. The highest BCUT2D eigenvalue weighted by Gasteiger charge is 2.34. The van der Waals surface area contributed by atoms with Crippen LogP contribution in [0, 0.1) is 12.8 Å². The molecule has 1 aromatic carbocycles. The number of benzene rings is 1. The summed E-state index contributed by atoms with van der Waals surface area (Å²) in [5.41, 5.74) is 3.59. The number of carbonyl (C=O) groups is 1. The number of rotatable bonds is 2. The molecule has 1 amide bonds. The van der Waals surface area contributed by atoms with Crippen molar-refractivity contribution in [1.29, 1.82) is 0 Å². The van der Waals surface area contributed by atoms with Crippen LogP contribution in [-0.2, 0) is 12.8 Å². The van der Waals surface area contributed by atoms with E-state index in [0.717, 1.165) is 34.9 Å². The van der Waals surface area contributed by atoms with Gasteiger partial charge in [-0.15, -0.1) is 11.3 Å². The van der Waals surface area contributed by atoms with Crippen LogP contribution in [0.25, 0.3) is 0 Å². The quantitative estimate of drug-likeness (QED) is 0.769. The molecule has 5 heteroatoms. The van der Waals surface area contributed by atoms with Crippen LogP contribution in [0.2, 0.25) is 0 Å². The average molecular weight is 342 g/mol. The van der Waals surface area contributed by atoms with E-state index in [1.54, 1.807) is 11.3 Å². The summed E-state index contributed by atoms with van der Waals surface area (Å²) in [5, 5.41) is 17.7. The molecular weight excluding hydrogens is 320 g/mol. The van der Waals surface area contributed by atoms with Crippen molar-refractivity contribution in [2.24, 2.45) is 5.92 Å². The predicted molar refractivity (Wildman–Crippen MR) is 96.8 cm³/mol. The molecule has 2 aliphatic rings. The minimum Gasteiger partial charge on any atom is -0.507 e. The molecular formula is C19H22N2O2S. The summed E-state index contributed by atoms with van der Waals surface area (Å²) in [7, 11) is 0. The summed E-state index contributed by atoms with van der Waals surface area (Å²) < 4.78 is 0. The smallest absolute Gasteiger partial charge is 0.256 e. The van der Waals surface area contributed by atoms with Crippen LogP contribution < -0.4 is 10.6 Å². The maximum Gasteiger partial charge on any atom is 0.256 e. The maximum atomic E-state index is 12.7. The Balaban J connectivity index is 1.70. The summed E-state index contributed by atoms with van der Waals surface area (Å²) in [5.74, 6) is 0.950. The lowest BCUT2D eigenvalue weighted by molar-refractivity contribution is 0.0934. The van der Waals surface area contributed by atoms with E-state index >= 15 is 0 Å². The van der Waals surface area contributed by atoms with Gasteiger partial charge in [-0.1, -0.05) is 31.5 Å². The van der Waals surface area contributed by atoms with E-state index in [2.05, 4.69) is 17.6 Å². The van der Waals surface area contributed by atoms with Gasteiger partial charge in [0.2, 0.25) is 0 Å². The normalized spacial score (nSPS) is 22.3. The van der Waals surface area contributed by atoms with Gasteiger partial charge in [-0.2, -0.15) is 0 Å². The molecule has 2 aromatic rings. The molecule has 0 fully saturated rings. The first kappa shape index (κ1) is 15.5. The van der Waals surface area contributed by atoms with Crippen molar-refractivity contribution in [3.63, 3.8) is 0 Å². The van der Waals surface area contributed by atoms with Crippen molar-refractivity contribution in [1.82, 2.24) is 5.32 Å². The third-order valence-corrected chi connectivity index (χ3v) is 6.49. The Kier molecular flexibility index (Phi) is 3.76. The number of aromatic hydroxyl groups is 1. The second-order valence-electron chi connectivity index (χ2n) is 6.79. The van der Waals surface area contributed by atoms with Gasteiger partial charge in [0.05, 0.1) is 5.56 Å². The fourth-order valence-electron chi connectivity index (χ4n) is 3.79. The summed E-state index contributed by atoms with van der Waals surface area (Å²) in [4.78, 5) is 14.1. The molecule has 0 saturated carbocycles. The first-order chi connectivity index (χ1) is 11.6. The second kappa shape index (κ2) is 5.81. The Morgan fingerprint density at radius 2 is 2.17 bits per heavy atom. The van der Waals surface area contributed by atoms with Crippen molar-refractivity contribution in [3.8, 4) is 5.75 Å². The molecule has 1 aromatic heterocycles. The number of carbonyl (C=O) groups excluding carboxylic acids is 1. The fraction of sp³-hybridized carbons (Fsp3) is 0.421. The number of anilines is 1. The van der Waals surface area contributed by atoms with Gasteiger partial charge in [0.25, 0.3) is 5.91 Å². The number of phenols is 1. The number of fused-ring (bicyclic) bond motifs is 3. The van der Waals surface area contributed by atoms with Gasteiger partial charge < -0.3 is 15.7 Å². The average Bonchev–Trinajstić information content (AvgIpc) is 2.94. The molecule has 3 N–H and O–H groups in total. The van der Waals surface area contributed by atoms with Crippen LogP contribution in [0.15, 0.2) is 18.2 Å². The van der Waals surface area contributed by atoms with Crippen LogP contribution in [0.4, 0.5) is 5.00 Å². The van der Waals surface area contributed by atoms with E-state index in [4.69, 9.17) is 0 Å². The Morgan fingerprint density at radius 1 is 1.33 bits per heavy atom. The van der Waals surface area contributed by atoms with Gasteiger partial charge in [0.15, 0.2) is 0 Å². The van der Waals surface area contributed by atoms with Crippen molar-refractivity contribution >= 4 is 22.2 Å². The highest BCUT2D eigenvalue weighted by molar-refractivity contribution is 7.16. The Hall–Kier alpha value is -2.01. The lowest BCUT2D eigenvalue weighted by atomic mass is 9.85. The molecule has 2 heterocycles. The Labute approximate surface area is 145 Å². The zero-order chi connectivity index (χ0) is 16.8. The van der Waals surface area contributed by atoms with Crippen molar-refractivity contribution < 1.29 is 9.90 Å². The summed E-state index contributed by atoms with van der Waals surface area (Å²) >= 11 is 1.72. The van der Waals surface area contributed by atoms with Gasteiger partial charge >= 0.3 is 0 Å². The summed E-state index contributed by atoms with van der Waals surface area (Å²) in [6, 6.07) is 5.62. The number of para-hydroxylation sites is 1. The number of hydrogen-bond donors (Lipinski definition) is 3. The van der Waals surface area contributed by atoms with Crippen molar-refractivity contribution in [3.05, 3.63) is 45.3 Å². The zero-order valence-corrected chi connectivity index (χ0v) is 14.8. The minimum atomic E-state index is -0.382. The number of hydrogen-bond acceptors (Lipinski definition) is 4. The monoisotopic (exact) mass is 342 g/mol. The summed E-state index contributed by atoms with van der Waals surface area (Å²) in [6.07, 6.45) is 4.06. The lowest BCUT2D eigenvalue weighted by Crippen LogP contribution is -2.38. The molecule has 24 heavy (non-hydrogen) atoms. The maximum absolute atomic E-state index is 12.7. The number of phenolic OH excluding ortho intramolecular Hbond substituents is 1. The molecule has 0 bridgehead atoms. The molecule has 1 aliphatic heterocycles. The van der Waals surface area contributed by atoms with Crippen LogP contribution in [0.1, 0.15) is 57.9 Å². The van der Waals surface area contributed by atoms with E-state index in [1.807, 2.05) is 25.1 Å². The molecule has 126 valence electrons. The van der Waals surface area contributed by atoms with E-state index in [-0.39, 0.29) is 17.8 Å². The van der Waals surface area contributed by atoms with Crippen LogP contribution >= 0.6 is 11.3 Å². The molecule has 0 spiro atoms. The third kappa shape index (κ3) is 2.38. The van der Waals surface area contributed by atoms with Crippen molar-refractivity contribution in [2.45, 2.75) is 45.7 Å². The molecule has 4 nitrogen and oxygen atoms in total. The highest BCUT2D eigenvalue weighted by Crippen LogP contribution is 2.43. The number of nitrogens with one attached hydrogen (secondary N) is 2. The number of thiophene rings is 1. The van der Waals surface area contributed by atoms with Crippen LogP contribution in [0.3, 0.4) is 0 Å². The summed E-state index contributed by atoms with van der Waals surface area (Å²) in [6.45, 7) is 4.11. The topological polar surface area (TPSA) is 61.4 Å². The first-order valence-corrected chi connectivity index (χ1v) is 9.40. The molecule has 1 aliphatic carbocycles. The molecule has 2 unspecified atom stereocenters. The lowest BCUT2D eigenvalue weighted by Gasteiger charge is -2.28. The third-order valence-electron chi connectivity index (χ3n) is 5.30. The largest absolute Gasteiger partial charge is 0.507 e. The fourth-order valence-corrected chi connectivity index (χ4v) is 5.17. The van der Waals surface area contributed by atoms with E-state index in [1.165, 1.54) is 23.3 Å². The van der Waals surface area contributed by atoms with Gasteiger partial charge in [0.1, 0.15) is 16.9 Å². The van der Waals surface area contributed by atoms with E-state index in [9.17, 15) is 9.90 Å². The Morgan fingerprint density at radius 3 is 2.96 bits per heavy atom. The number of amides is 1. The Bertz CT molecular complexity index is 812. The minimum absolute atomic E-state index is 0.0258. The molecule has 4 rings (SSSR count). The molecule has 0 saturated heterocycles. The van der Waals surface area contributed by atoms with Gasteiger partial charge in [-0.25, -0.2) is 0 Å². The van der Waals surface area contributed by atoms with E-state index < -0.39 is 0 Å². The van der Waals surface area contributed by atoms with Crippen LogP contribution in [0.5, 0.6) is 5.75 Å². The van der Waals surface area contributed by atoms with Crippen LogP contribution in [-0.4, -0.2) is 11.0 Å². The van der Waals surface area contributed by atoms with E-state index in [0.29, 0.717) is 5.56 Å². The highest BCUT2D eigenvalue weighted by atomic mass is 32.1. The predicted octanol–water partition coefficient (Wildman–Crippen LogP) is 4.13. The van der Waals surface area contributed by atoms with Gasteiger partial charge in [0, 0.05) is 10.4 Å². The zero-order valence-electron chi connectivity index (χ0n) is 14.0. The van der Waals surface area contributed by atoms with Crippen molar-refractivity contribution in [2.75, 3.05) is 5.32 Å². The van der Waals surface area contributed by atoms with Gasteiger partial charge in [-0.05, 0) is 43.2 Å². The van der Waals surface area contributed by atoms with Gasteiger partial charge in [-0.3, -0.25) is 4.79 Å².